The normalized spacial score (nSPS) is 12.3. The van der Waals surface area contributed by atoms with E-state index in [0.29, 0.717) is 0 Å². The van der Waals surface area contributed by atoms with E-state index in [1.54, 1.807) is 12.1 Å². The molecule has 0 radical (unpaired) electrons. The van der Waals surface area contributed by atoms with E-state index in [9.17, 15) is 10.2 Å². The summed E-state index contributed by atoms with van der Waals surface area (Å²) in [7, 11) is 0. The lowest BCUT2D eigenvalue weighted by Gasteiger charge is -2.15. The highest BCUT2D eigenvalue weighted by molar-refractivity contribution is 9.10. The Labute approximate surface area is 121 Å². The summed E-state index contributed by atoms with van der Waals surface area (Å²) in [6.07, 6.45) is 0. The zero-order chi connectivity index (χ0) is 13.8. The summed E-state index contributed by atoms with van der Waals surface area (Å²) < 4.78 is 1.05. The molecule has 0 aromatic heterocycles. The first-order valence-electron chi connectivity index (χ1n) is 6.05. The second kappa shape index (κ2) is 6.08. The van der Waals surface area contributed by atoms with Gasteiger partial charge in [0.05, 0.1) is 0 Å². The number of hydrogen-bond acceptors (Lipinski definition) is 3. The molecule has 0 saturated carbocycles. The second-order valence-electron chi connectivity index (χ2n) is 4.52. The van der Waals surface area contributed by atoms with E-state index >= 15 is 0 Å². The first-order chi connectivity index (χ1) is 9.04. The number of phenols is 2. The van der Waals surface area contributed by atoms with Crippen molar-refractivity contribution in [3.05, 3.63) is 58.1 Å². The minimum absolute atomic E-state index is 0.0389. The SMILES string of the molecule is CC(NCc1cccc(Br)c1)c1cc(O)cc(O)c1. The molecule has 3 N–H and O–H groups in total. The van der Waals surface area contributed by atoms with Gasteiger partial charge in [0.25, 0.3) is 0 Å². The summed E-state index contributed by atoms with van der Waals surface area (Å²) in [5, 5.41) is 22.3. The topological polar surface area (TPSA) is 52.5 Å². The molecule has 0 heterocycles. The number of aromatic hydroxyl groups is 2. The Kier molecular flexibility index (Phi) is 4.45. The number of hydrogen-bond donors (Lipinski definition) is 3. The Morgan fingerprint density at radius 3 is 2.42 bits per heavy atom. The molecule has 2 aromatic rings. The van der Waals surface area contributed by atoms with E-state index in [1.807, 2.05) is 25.1 Å². The first kappa shape index (κ1) is 13.9. The molecule has 4 heteroatoms. The Morgan fingerprint density at radius 1 is 1.11 bits per heavy atom. The number of rotatable bonds is 4. The summed E-state index contributed by atoms with van der Waals surface area (Å²) in [6.45, 7) is 2.71. The van der Waals surface area contributed by atoms with E-state index in [1.165, 1.54) is 11.6 Å². The third-order valence-corrected chi connectivity index (χ3v) is 3.42. The molecule has 0 saturated heterocycles. The Hall–Kier alpha value is -1.52. The van der Waals surface area contributed by atoms with Gasteiger partial charge in [0, 0.05) is 23.1 Å². The van der Waals surface area contributed by atoms with Crippen LogP contribution in [-0.2, 0) is 6.54 Å². The monoisotopic (exact) mass is 321 g/mol. The van der Waals surface area contributed by atoms with Crippen LogP contribution in [0.3, 0.4) is 0 Å². The minimum Gasteiger partial charge on any atom is -0.508 e. The lowest BCUT2D eigenvalue weighted by atomic mass is 10.1. The predicted octanol–water partition coefficient (Wildman–Crippen LogP) is 3.71. The highest BCUT2D eigenvalue weighted by atomic mass is 79.9. The summed E-state index contributed by atoms with van der Waals surface area (Å²) in [4.78, 5) is 0. The van der Waals surface area contributed by atoms with Gasteiger partial charge >= 0.3 is 0 Å². The fourth-order valence-electron chi connectivity index (χ4n) is 1.90. The van der Waals surface area contributed by atoms with Crippen molar-refractivity contribution in [1.29, 1.82) is 0 Å². The van der Waals surface area contributed by atoms with E-state index in [2.05, 4.69) is 27.3 Å². The third-order valence-electron chi connectivity index (χ3n) is 2.93. The van der Waals surface area contributed by atoms with Crippen molar-refractivity contribution in [1.82, 2.24) is 5.32 Å². The standard InChI is InChI=1S/C15H16BrNO2/c1-10(12-6-14(18)8-15(19)7-12)17-9-11-3-2-4-13(16)5-11/h2-8,10,17-19H,9H2,1H3. The van der Waals surface area contributed by atoms with E-state index in [4.69, 9.17) is 0 Å². The van der Waals surface area contributed by atoms with Crippen molar-refractivity contribution in [3.63, 3.8) is 0 Å². The van der Waals surface area contributed by atoms with Crippen LogP contribution in [0.2, 0.25) is 0 Å². The molecule has 0 amide bonds. The van der Waals surface area contributed by atoms with Crippen molar-refractivity contribution in [2.45, 2.75) is 19.5 Å². The lowest BCUT2D eigenvalue weighted by Crippen LogP contribution is -2.17. The molecular weight excluding hydrogens is 306 g/mol. The van der Waals surface area contributed by atoms with E-state index < -0.39 is 0 Å². The molecule has 100 valence electrons. The van der Waals surface area contributed by atoms with Crippen LogP contribution in [0.1, 0.15) is 24.1 Å². The van der Waals surface area contributed by atoms with Gasteiger partial charge in [0.1, 0.15) is 11.5 Å². The van der Waals surface area contributed by atoms with Gasteiger partial charge in [0.2, 0.25) is 0 Å². The molecule has 0 aliphatic rings. The molecule has 1 atom stereocenters. The highest BCUT2D eigenvalue weighted by Gasteiger charge is 2.07. The van der Waals surface area contributed by atoms with Crippen LogP contribution in [-0.4, -0.2) is 10.2 Å². The van der Waals surface area contributed by atoms with Gasteiger partial charge in [-0.3, -0.25) is 0 Å². The molecule has 1 unspecified atom stereocenters. The maximum atomic E-state index is 9.47. The molecule has 0 bridgehead atoms. The molecule has 0 aliphatic heterocycles. The average Bonchev–Trinajstić information content (AvgIpc) is 2.35. The van der Waals surface area contributed by atoms with E-state index in [0.717, 1.165) is 16.6 Å². The molecule has 0 spiro atoms. The van der Waals surface area contributed by atoms with Gasteiger partial charge in [-0.15, -0.1) is 0 Å². The van der Waals surface area contributed by atoms with Crippen molar-refractivity contribution in [2.24, 2.45) is 0 Å². The third kappa shape index (κ3) is 3.98. The summed E-state index contributed by atoms with van der Waals surface area (Å²) >= 11 is 3.44. The fraction of sp³-hybridized carbons (Fsp3) is 0.200. The molecule has 0 aliphatic carbocycles. The van der Waals surface area contributed by atoms with Crippen molar-refractivity contribution < 1.29 is 10.2 Å². The van der Waals surface area contributed by atoms with Gasteiger partial charge in [-0.2, -0.15) is 0 Å². The van der Waals surface area contributed by atoms with Crippen LogP contribution in [0.5, 0.6) is 11.5 Å². The number of benzene rings is 2. The Morgan fingerprint density at radius 2 is 1.79 bits per heavy atom. The van der Waals surface area contributed by atoms with Crippen LogP contribution in [0, 0.1) is 0 Å². The molecule has 2 rings (SSSR count). The smallest absolute Gasteiger partial charge is 0.119 e. The van der Waals surface area contributed by atoms with Crippen molar-refractivity contribution in [3.8, 4) is 11.5 Å². The molecule has 0 fully saturated rings. The Bertz CT molecular complexity index is 552. The lowest BCUT2D eigenvalue weighted by molar-refractivity contribution is 0.446. The van der Waals surface area contributed by atoms with Crippen molar-refractivity contribution >= 4 is 15.9 Å². The zero-order valence-electron chi connectivity index (χ0n) is 10.6. The van der Waals surface area contributed by atoms with Crippen LogP contribution >= 0.6 is 15.9 Å². The quantitative estimate of drug-likeness (QED) is 0.804. The predicted molar refractivity (Wildman–Crippen MR) is 79.2 cm³/mol. The maximum Gasteiger partial charge on any atom is 0.119 e. The van der Waals surface area contributed by atoms with Gasteiger partial charge in [-0.1, -0.05) is 28.1 Å². The number of halogens is 1. The number of phenolic OH excluding ortho intramolecular Hbond substituents is 2. The molecular formula is C15H16BrNO2. The average molecular weight is 322 g/mol. The molecule has 3 nitrogen and oxygen atoms in total. The molecule has 2 aromatic carbocycles. The first-order valence-corrected chi connectivity index (χ1v) is 6.84. The van der Waals surface area contributed by atoms with Crippen molar-refractivity contribution in [2.75, 3.05) is 0 Å². The summed E-state index contributed by atoms with van der Waals surface area (Å²) in [5.74, 6) is 0.150. The number of nitrogens with one attached hydrogen (secondary N) is 1. The highest BCUT2D eigenvalue weighted by Crippen LogP contribution is 2.25. The zero-order valence-corrected chi connectivity index (χ0v) is 12.2. The fourth-order valence-corrected chi connectivity index (χ4v) is 2.35. The van der Waals surface area contributed by atoms with Crippen LogP contribution in [0.4, 0.5) is 0 Å². The summed E-state index contributed by atoms with van der Waals surface area (Å²) in [5.41, 5.74) is 2.03. The molecule has 19 heavy (non-hydrogen) atoms. The van der Waals surface area contributed by atoms with Gasteiger partial charge in [-0.05, 0) is 42.3 Å². The largest absolute Gasteiger partial charge is 0.508 e. The van der Waals surface area contributed by atoms with Crippen LogP contribution in [0.25, 0.3) is 0 Å². The summed E-state index contributed by atoms with van der Waals surface area (Å²) in [6, 6.07) is 12.7. The van der Waals surface area contributed by atoms with Gasteiger partial charge < -0.3 is 15.5 Å². The maximum absolute atomic E-state index is 9.47. The van der Waals surface area contributed by atoms with Gasteiger partial charge in [-0.25, -0.2) is 0 Å². The second-order valence-corrected chi connectivity index (χ2v) is 5.43. The van der Waals surface area contributed by atoms with Gasteiger partial charge in [0.15, 0.2) is 0 Å². The Balaban J connectivity index is 2.03. The van der Waals surface area contributed by atoms with Crippen LogP contribution in [0.15, 0.2) is 46.9 Å². The van der Waals surface area contributed by atoms with E-state index in [-0.39, 0.29) is 17.5 Å². The minimum atomic E-state index is 0.0389. The van der Waals surface area contributed by atoms with Crippen LogP contribution < -0.4 is 5.32 Å².